The summed E-state index contributed by atoms with van der Waals surface area (Å²) >= 11 is 3.42. The number of hydrogen-bond acceptors (Lipinski definition) is 4. The van der Waals surface area contributed by atoms with Crippen molar-refractivity contribution in [1.82, 2.24) is 5.01 Å². The van der Waals surface area contributed by atoms with E-state index < -0.39 is 0 Å². The van der Waals surface area contributed by atoms with E-state index in [1.54, 1.807) is 6.21 Å². The number of carbonyl (C=O) groups is 2. The van der Waals surface area contributed by atoms with E-state index in [0.717, 1.165) is 27.0 Å². The van der Waals surface area contributed by atoms with Crippen molar-refractivity contribution in [2.24, 2.45) is 28.8 Å². The maximum atomic E-state index is 12.7. The molecule has 3 aliphatic rings. The molecule has 146 valence electrons. The Morgan fingerprint density at radius 2 is 1.72 bits per heavy atom. The Kier molecular flexibility index (Phi) is 4.59. The monoisotopic (exact) mass is 450 g/mol. The average Bonchev–Trinajstić information content (AvgIpc) is 3.41. The van der Waals surface area contributed by atoms with Gasteiger partial charge in [-0.3, -0.25) is 9.59 Å². The Labute approximate surface area is 177 Å². The van der Waals surface area contributed by atoms with E-state index in [1.807, 2.05) is 48.5 Å². The van der Waals surface area contributed by atoms with E-state index >= 15 is 0 Å². The predicted molar refractivity (Wildman–Crippen MR) is 112 cm³/mol. The van der Waals surface area contributed by atoms with Crippen LogP contribution in [-0.4, -0.2) is 23.0 Å². The number of amides is 2. The van der Waals surface area contributed by atoms with Crippen molar-refractivity contribution in [1.29, 1.82) is 0 Å². The summed E-state index contributed by atoms with van der Waals surface area (Å²) in [6.45, 7) is 0.454. The SMILES string of the molecule is O=C1[C@@H]2[C@H](C(=O)N1/N=C\c1cccc(OCc3ccc(Br)cc3)c1)[C@H]1C=C[C@H]2C1. The summed E-state index contributed by atoms with van der Waals surface area (Å²) in [6, 6.07) is 15.4. The van der Waals surface area contributed by atoms with E-state index in [-0.39, 0.29) is 35.5 Å². The van der Waals surface area contributed by atoms with Crippen molar-refractivity contribution < 1.29 is 14.3 Å². The van der Waals surface area contributed by atoms with Gasteiger partial charge in [0.2, 0.25) is 0 Å². The first kappa shape index (κ1) is 18.3. The van der Waals surface area contributed by atoms with Crippen molar-refractivity contribution in [3.8, 4) is 5.75 Å². The number of rotatable bonds is 5. The van der Waals surface area contributed by atoms with Crippen LogP contribution in [0.5, 0.6) is 5.75 Å². The quantitative estimate of drug-likeness (QED) is 0.390. The third-order valence-electron chi connectivity index (χ3n) is 5.95. The average molecular weight is 451 g/mol. The molecule has 1 heterocycles. The molecule has 0 radical (unpaired) electrons. The molecule has 1 saturated carbocycles. The van der Waals surface area contributed by atoms with Crippen molar-refractivity contribution >= 4 is 34.0 Å². The number of fused-ring (bicyclic) bond motifs is 5. The standard InChI is InChI=1S/C23H19BrN2O3/c24-18-8-4-14(5-9-18)13-29-19-3-1-2-15(10-19)12-25-26-22(27)20-16-6-7-17(11-16)21(20)23(26)28/h1-10,12,16-17,20-21H,11,13H2/b25-12-/t16-,17-,20-,21+/m0/s1. The molecule has 5 nitrogen and oxygen atoms in total. The largest absolute Gasteiger partial charge is 0.489 e. The summed E-state index contributed by atoms with van der Waals surface area (Å²) in [5.41, 5.74) is 1.84. The lowest BCUT2D eigenvalue weighted by molar-refractivity contribution is -0.140. The predicted octanol–water partition coefficient (Wildman–Crippen LogP) is 4.17. The minimum absolute atomic E-state index is 0.171. The van der Waals surface area contributed by atoms with Crippen LogP contribution in [0.3, 0.4) is 0 Å². The van der Waals surface area contributed by atoms with E-state index in [0.29, 0.717) is 12.4 Å². The second-order valence-corrected chi connectivity index (χ2v) is 8.64. The molecule has 2 bridgehead atoms. The first-order chi connectivity index (χ1) is 14.1. The molecule has 2 aliphatic carbocycles. The van der Waals surface area contributed by atoms with Gasteiger partial charge in [0.25, 0.3) is 11.8 Å². The number of imide groups is 1. The van der Waals surface area contributed by atoms with Crippen LogP contribution in [0, 0.1) is 23.7 Å². The maximum absolute atomic E-state index is 12.7. The fourth-order valence-electron chi connectivity index (χ4n) is 4.56. The number of hydrogen-bond donors (Lipinski definition) is 0. The van der Waals surface area contributed by atoms with Gasteiger partial charge in [0.05, 0.1) is 18.1 Å². The summed E-state index contributed by atoms with van der Waals surface area (Å²) in [5.74, 6) is 0.293. The fraction of sp³-hybridized carbons (Fsp3) is 0.261. The lowest BCUT2D eigenvalue weighted by Gasteiger charge is -2.13. The Balaban J connectivity index is 1.27. The molecule has 2 fully saturated rings. The molecule has 1 aliphatic heterocycles. The fourth-order valence-corrected chi connectivity index (χ4v) is 4.82. The molecule has 0 spiro atoms. The van der Waals surface area contributed by atoms with E-state index in [1.165, 1.54) is 0 Å². The molecule has 0 unspecified atom stereocenters. The Morgan fingerprint density at radius 3 is 2.41 bits per heavy atom. The highest BCUT2D eigenvalue weighted by Gasteiger charge is 2.59. The topological polar surface area (TPSA) is 59.0 Å². The van der Waals surface area contributed by atoms with Crippen molar-refractivity contribution in [2.45, 2.75) is 13.0 Å². The number of allylic oxidation sites excluding steroid dienone is 2. The lowest BCUT2D eigenvalue weighted by Crippen LogP contribution is -2.28. The third-order valence-corrected chi connectivity index (χ3v) is 6.47. The number of ether oxygens (including phenoxy) is 1. The van der Waals surface area contributed by atoms with Crippen LogP contribution in [0.1, 0.15) is 17.5 Å². The van der Waals surface area contributed by atoms with Crippen LogP contribution in [0.4, 0.5) is 0 Å². The number of halogens is 1. The van der Waals surface area contributed by atoms with Crippen LogP contribution in [0.25, 0.3) is 0 Å². The van der Waals surface area contributed by atoms with Crippen LogP contribution in [0.15, 0.2) is 70.3 Å². The molecule has 1 saturated heterocycles. The van der Waals surface area contributed by atoms with Crippen molar-refractivity contribution in [3.63, 3.8) is 0 Å². The smallest absolute Gasteiger partial charge is 0.254 e. The second kappa shape index (κ2) is 7.26. The van der Waals surface area contributed by atoms with Gasteiger partial charge < -0.3 is 4.74 Å². The van der Waals surface area contributed by atoms with Gasteiger partial charge in [-0.1, -0.05) is 52.3 Å². The molecule has 4 atom stereocenters. The summed E-state index contributed by atoms with van der Waals surface area (Å²) in [7, 11) is 0. The van der Waals surface area contributed by atoms with Gasteiger partial charge in [0.15, 0.2) is 0 Å². The maximum Gasteiger partial charge on any atom is 0.254 e. The van der Waals surface area contributed by atoms with Gasteiger partial charge >= 0.3 is 0 Å². The molecule has 0 N–H and O–H groups in total. The van der Waals surface area contributed by atoms with Gasteiger partial charge in [0.1, 0.15) is 12.4 Å². The normalized spacial score (nSPS) is 27.3. The van der Waals surface area contributed by atoms with E-state index in [4.69, 9.17) is 4.74 Å². The zero-order chi connectivity index (χ0) is 20.0. The summed E-state index contributed by atoms with van der Waals surface area (Å²) in [4.78, 5) is 25.4. The summed E-state index contributed by atoms with van der Waals surface area (Å²) in [5, 5.41) is 5.29. The van der Waals surface area contributed by atoms with Gasteiger partial charge in [-0.2, -0.15) is 10.1 Å². The molecule has 5 rings (SSSR count). The molecular weight excluding hydrogens is 432 g/mol. The molecule has 6 heteroatoms. The minimum Gasteiger partial charge on any atom is -0.489 e. The zero-order valence-corrected chi connectivity index (χ0v) is 17.2. The van der Waals surface area contributed by atoms with Gasteiger partial charge in [-0.05, 0) is 53.6 Å². The number of carbonyl (C=O) groups excluding carboxylic acids is 2. The summed E-state index contributed by atoms with van der Waals surface area (Å²) in [6.07, 6.45) is 6.63. The molecule has 2 aromatic rings. The second-order valence-electron chi connectivity index (χ2n) is 7.72. The van der Waals surface area contributed by atoms with E-state index in [2.05, 4.69) is 33.2 Å². The molecule has 2 aromatic carbocycles. The van der Waals surface area contributed by atoms with Crippen molar-refractivity contribution in [3.05, 3.63) is 76.3 Å². The minimum atomic E-state index is -0.227. The van der Waals surface area contributed by atoms with Crippen LogP contribution >= 0.6 is 15.9 Å². The number of nitrogens with zero attached hydrogens (tertiary/aromatic N) is 2. The Bertz CT molecular complexity index is 1000. The Morgan fingerprint density at radius 1 is 1.03 bits per heavy atom. The zero-order valence-electron chi connectivity index (χ0n) is 15.6. The number of hydrazone groups is 1. The van der Waals surface area contributed by atoms with Gasteiger partial charge in [-0.15, -0.1) is 0 Å². The highest BCUT2D eigenvalue weighted by atomic mass is 79.9. The third kappa shape index (κ3) is 3.31. The lowest BCUT2D eigenvalue weighted by atomic mass is 9.85. The van der Waals surface area contributed by atoms with E-state index in [9.17, 15) is 9.59 Å². The van der Waals surface area contributed by atoms with Crippen molar-refractivity contribution in [2.75, 3.05) is 0 Å². The molecule has 29 heavy (non-hydrogen) atoms. The Hall–Kier alpha value is -2.73. The van der Waals surface area contributed by atoms with Crippen LogP contribution < -0.4 is 4.74 Å². The first-order valence-corrected chi connectivity index (χ1v) is 10.5. The molecule has 0 aromatic heterocycles. The van der Waals surface area contributed by atoms with Crippen LogP contribution in [0.2, 0.25) is 0 Å². The molecule has 2 amide bonds. The number of benzene rings is 2. The highest BCUT2D eigenvalue weighted by molar-refractivity contribution is 9.10. The molecular formula is C23H19BrN2O3. The first-order valence-electron chi connectivity index (χ1n) is 9.67. The van der Waals surface area contributed by atoms with Crippen LogP contribution in [-0.2, 0) is 16.2 Å². The van der Waals surface area contributed by atoms with Gasteiger partial charge in [0, 0.05) is 4.47 Å². The summed E-state index contributed by atoms with van der Waals surface area (Å²) < 4.78 is 6.88. The van der Waals surface area contributed by atoms with Gasteiger partial charge in [-0.25, -0.2) is 0 Å². The highest BCUT2D eigenvalue weighted by Crippen LogP contribution is 2.52.